The van der Waals surface area contributed by atoms with Crippen molar-refractivity contribution in [2.24, 2.45) is 5.10 Å². The summed E-state index contributed by atoms with van der Waals surface area (Å²) in [6, 6.07) is 15.4. The molecule has 0 saturated carbocycles. The topological polar surface area (TPSA) is 54.4 Å². The number of aromatic nitrogens is 1. The molecule has 3 rings (SSSR count). The number of halogens is 1. The van der Waals surface area contributed by atoms with E-state index >= 15 is 0 Å². The molecule has 0 aliphatic carbocycles. The van der Waals surface area contributed by atoms with Crippen molar-refractivity contribution in [1.29, 1.82) is 0 Å². The monoisotopic (exact) mass is 383 g/mol. The van der Waals surface area contributed by atoms with Gasteiger partial charge in [-0.15, -0.1) is 11.8 Å². The number of hydrazone groups is 1. The van der Waals surface area contributed by atoms with Gasteiger partial charge in [-0.2, -0.15) is 5.10 Å². The lowest BCUT2D eigenvalue weighted by atomic mass is 10.1. The zero-order valence-corrected chi connectivity index (χ0v) is 16.1. The van der Waals surface area contributed by atoms with Gasteiger partial charge >= 0.3 is 0 Å². The second-order valence-electron chi connectivity index (χ2n) is 5.84. The van der Waals surface area contributed by atoms with Gasteiger partial charge < -0.3 is 0 Å². The summed E-state index contributed by atoms with van der Waals surface area (Å²) in [5.74, 6) is 0.0976. The van der Waals surface area contributed by atoms with Crippen LogP contribution in [0.4, 0.5) is 0 Å². The molecule has 1 aromatic heterocycles. The number of pyridine rings is 1. The molecule has 0 aliphatic heterocycles. The van der Waals surface area contributed by atoms with Crippen molar-refractivity contribution < 1.29 is 4.79 Å². The van der Waals surface area contributed by atoms with E-state index in [1.807, 2.05) is 56.3 Å². The molecule has 3 aromatic rings. The average molecular weight is 384 g/mol. The maximum atomic E-state index is 12.1. The van der Waals surface area contributed by atoms with Crippen LogP contribution in [0.15, 0.2) is 58.5 Å². The number of aryl methyl sites for hydroxylation is 2. The molecule has 1 heterocycles. The lowest BCUT2D eigenvalue weighted by Gasteiger charge is -2.09. The smallest absolute Gasteiger partial charge is 0.250 e. The first-order valence-electron chi connectivity index (χ1n) is 8.11. The Kier molecular flexibility index (Phi) is 5.91. The molecule has 4 nitrogen and oxygen atoms in total. The summed E-state index contributed by atoms with van der Waals surface area (Å²) in [6.07, 6.45) is 1.54. The molecule has 0 bridgehead atoms. The molecule has 0 saturated heterocycles. The molecule has 0 fully saturated rings. The fourth-order valence-corrected chi connectivity index (χ4v) is 3.64. The highest BCUT2D eigenvalue weighted by Gasteiger charge is 2.09. The van der Waals surface area contributed by atoms with Gasteiger partial charge in [0, 0.05) is 26.6 Å². The highest BCUT2D eigenvalue weighted by Crippen LogP contribution is 2.29. The second kappa shape index (κ2) is 8.34. The van der Waals surface area contributed by atoms with Crippen LogP contribution in [0.2, 0.25) is 5.02 Å². The minimum absolute atomic E-state index is 0.173. The Labute approximate surface area is 161 Å². The van der Waals surface area contributed by atoms with E-state index in [0.29, 0.717) is 5.02 Å². The number of nitrogens with one attached hydrogen (secondary N) is 1. The highest BCUT2D eigenvalue weighted by atomic mass is 35.5. The molecule has 0 spiro atoms. The van der Waals surface area contributed by atoms with Crippen LogP contribution in [-0.4, -0.2) is 22.9 Å². The number of carbonyl (C=O) groups excluding carboxylic acids is 1. The van der Waals surface area contributed by atoms with Gasteiger partial charge in [-0.05, 0) is 31.5 Å². The second-order valence-corrected chi connectivity index (χ2v) is 7.26. The first-order chi connectivity index (χ1) is 12.5. The van der Waals surface area contributed by atoms with Crippen molar-refractivity contribution in [1.82, 2.24) is 10.4 Å². The van der Waals surface area contributed by atoms with E-state index in [0.717, 1.165) is 32.6 Å². The van der Waals surface area contributed by atoms with Crippen molar-refractivity contribution >= 4 is 46.4 Å². The Balaban J connectivity index is 1.66. The predicted molar refractivity (Wildman–Crippen MR) is 109 cm³/mol. The number of hydrogen-bond donors (Lipinski definition) is 1. The Morgan fingerprint density at radius 2 is 2.04 bits per heavy atom. The SMILES string of the molecule is Cc1cc(SCC(=O)NN=Cc2ccccc2Cl)c2cccc(C)c2n1. The van der Waals surface area contributed by atoms with E-state index in [1.54, 1.807) is 12.3 Å². The zero-order valence-electron chi connectivity index (χ0n) is 14.5. The summed E-state index contributed by atoms with van der Waals surface area (Å²) in [4.78, 5) is 17.7. The lowest BCUT2D eigenvalue weighted by Crippen LogP contribution is -2.19. The van der Waals surface area contributed by atoms with E-state index in [-0.39, 0.29) is 11.7 Å². The van der Waals surface area contributed by atoms with E-state index in [1.165, 1.54) is 11.8 Å². The summed E-state index contributed by atoms with van der Waals surface area (Å²) < 4.78 is 0. The number of amides is 1. The fraction of sp³-hybridized carbons (Fsp3) is 0.150. The van der Waals surface area contributed by atoms with Gasteiger partial charge in [0.05, 0.1) is 17.5 Å². The summed E-state index contributed by atoms with van der Waals surface area (Å²) in [7, 11) is 0. The third-order valence-electron chi connectivity index (χ3n) is 3.79. The lowest BCUT2D eigenvalue weighted by molar-refractivity contribution is -0.118. The third kappa shape index (κ3) is 4.42. The largest absolute Gasteiger partial charge is 0.272 e. The minimum Gasteiger partial charge on any atom is -0.272 e. The Morgan fingerprint density at radius 3 is 2.85 bits per heavy atom. The number of fused-ring (bicyclic) bond motifs is 1. The van der Waals surface area contributed by atoms with E-state index in [2.05, 4.69) is 15.5 Å². The summed E-state index contributed by atoms with van der Waals surface area (Å²) >= 11 is 7.53. The standard InChI is InChI=1S/C20H18ClN3OS/c1-13-6-5-8-16-18(10-14(2)23-20(13)16)26-12-19(25)24-22-11-15-7-3-4-9-17(15)21/h3-11H,12H2,1-2H3,(H,24,25). The van der Waals surface area contributed by atoms with Gasteiger partial charge in [-0.3, -0.25) is 9.78 Å². The van der Waals surface area contributed by atoms with E-state index in [9.17, 15) is 4.79 Å². The molecule has 26 heavy (non-hydrogen) atoms. The number of thioether (sulfide) groups is 1. The molecular formula is C20H18ClN3OS. The molecule has 0 atom stereocenters. The maximum Gasteiger partial charge on any atom is 0.250 e. The van der Waals surface area contributed by atoms with Gasteiger partial charge in [0.15, 0.2) is 0 Å². The first kappa shape index (κ1) is 18.4. The molecule has 6 heteroatoms. The number of carbonyl (C=O) groups is 1. The van der Waals surface area contributed by atoms with Crippen LogP contribution in [0.25, 0.3) is 10.9 Å². The zero-order chi connectivity index (χ0) is 18.5. The Bertz CT molecular complexity index is 988. The van der Waals surface area contributed by atoms with Gasteiger partial charge in [-0.25, -0.2) is 5.43 Å². The van der Waals surface area contributed by atoms with Crippen LogP contribution >= 0.6 is 23.4 Å². The Morgan fingerprint density at radius 1 is 1.23 bits per heavy atom. The summed E-state index contributed by atoms with van der Waals surface area (Å²) in [5.41, 5.74) is 6.34. The molecule has 1 N–H and O–H groups in total. The van der Waals surface area contributed by atoms with Crippen LogP contribution in [0.1, 0.15) is 16.8 Å². The van der Waals surface area contributed by atoms with Crippen LogP contribution in [0.5, 0.6) is 0 Å². The van der Waals surface area contributed by atoms with Crippen LogP contribution in [0.3, 0.4) is 0 Å². The number of rotatable bonds is 5. The normalized spacial score (nSPS) is 11.2. The van der Waals surface area contributed by atoms with Crippen molar-refractivity contribution in [3.8, 4) is 0 Å². The highest BCUT2D eigenvalue weighted by molar-refractivity contribution is 8.00. The molecular weight excluding hydrogens is 366 g/mol. The van der Waals surface area contributed by atoms with Gasteiger partial charge in [0.2, 0.25) is 5.91 Å². The fourth-order valence-electron chi connectivity index (χ4n) is 2.53. The van der Waals surface area contributed by atoms with Crippen LogP contribution in [0, 0.1) is 13.8 Å². The van der Waals surface area contributed by atoms with Crippen LogP contribution < -0.4 is 5.43 Å². The molecule has 2 aromatic carbocycles. The average Bonchev–Trinajstić information content (AvgIpc) is 2.62. The minimum atomic E-state index is -0.173. The predicted octanol–water partition coefficient (Wildman–Crippen LogP) is 4.75. The van der Waals surface area contributed by atoms with E-state index in [4.69, 9.17) is 11.6 Å². The van der Waals surface area contributed by atoms with Gasteiger partial charge in [0.25, 0.3) is 0 Å². The molecule has 0 aliphatic rings. The van der Waals surface area contributed by atoms with Crippen molar-refractivity contribution in [2.45, 2.75) is 18.7 Å². The summed E-state index contributed by atoms with van der Waals surface area (Å²) in [5, 5.41) is 5.63. The quantitative estimate of drug-likeness (QED) is 0.393. The number of nitrogens with zero attached hydrogens (tertiary/aromatic N) is 2. The first-order valence-corrected chi connectivity index (χ1v) is 9.47. The van der Waals surface area contributed by atoms with Crippen molar-refractivity contribution in [3.63, 3.8) is 0 Å². The molecule has 0 radical (unpaired) electrons. The van der Waals surface area contributed by atoms with E-state index < -0.39 is 0 Å². The molecule has 132 valence electrons. The van der Waals surface area contributed by atoms with Crippen molar-refractivity contribution in [2.75, 3.05) is 5.75 Å². The van der Waals surface area contributed by atoms with Crippen LogP contribution in [-0.2, 0) is 4.79 Å². The number of benzene rings is 2. The number of para-hydroxylation sites is 1. The maximum absolute atomic E-state index is 12.1. The molecule has 1 amide bonds. The van der Waals surface area contributed by atoms with Gasteiger partial charge in [0.1, 0.15) is 0 Å². The molecule has 0 unspecified atom stereocenters. The summed E-state index contributed by atoms with van der Waals surface area (Å²) in [6.45, 7) is 4.00. The number of hydrogen-bond acceptors (Lipinski definition) is 4. The Hall–Kier alpha value is -2.37. The van der Waals surface area contributed by atoms with Crippen molar-refractivity contribution in [3.05, 3.63) is 70.4 Å². The third-order valence-corrected chi connectivity index (χ3v) is 5.19. The van der Waals surface area contributed by atoms with Gasteiger partial charge in [-0.1, -0.05) is 48.0 Å².